The highest BCUT2D eigenvalue weighted by Crippen LogP contribution is 2.34. The minimum Gasteiger partial charge on any atom is -0.382 e. The van der Waals surface area contributed by atoms with E-state index in [1.165, 1.54) is 30.7 Å². The average Bonchev–Trinajstić information content (AvgIpc) is 3.01. The SMILES string of the molecule is Nc1ncnc(N2CCCC(c3ncc4n3CCCC4)C2)c1Cl. The predicted molar refractivity (Wildman–Crippen MR) is 90.8 cm³/mol. The molecule has 1 fully saturated rings. The first kappa shape index (κ1) is 14.8. The van der Waals surface area contributed by atoms with Crippen molar-refractivity contribution >= 4 is 23.2 Å². The van der Waals surface area contributed by atoms with Crippen LogP contribution in [0.2, 0.25) is 5.02 Å². The standard InChI is InChI=1S/C16H21ClN6/c17-13-14(18)20-10-21-16(13)22-6-3-4-11(9-22)15-19-8-12-5-1-2-7-23(12)15/h8,10-11H,1-7,9H2,(H2,18,20,21). The molecular weight excluding hydrogens is 312 g/mol. The van der Waals surface area contributed by atoms with Gasteiger partial charge in [0.1, 0.15) is 23.0 Å². The molecule has 122 valence electrons. The molecule has 0 spiro atoms. The molecule has 2 aliphatic heterocycles. The number of aromatic nitrogens is 4. The van der Waals surface area contributed by atoms with Gasteiger partial charge >= 0.3 is 0 Å². The van der Waals surface area contributed by atoms with Crippen molar-refractivity contribution in [2.75, 3.05) is 23.7 Å². The molecule has 0 amide bonds. The van der Waals surface area contributed by atoms with Crippen molar-refractivity contribution in [1.29, 1.82) is 0 Å². The van der Waals surface area contributed by atoms with Crippen molar-refractivity contribution in [3.8, 4) is 0 Å². The molecule has 0 radical (unpaired) electrons. The molecule has 2 aliphatic rings. The van der Waals surface area contributed by atoms with Crippen LogP contribution >= 0.6 is 11.6 Å². The summed E-state index contributed by atoms with van der Waals surface area (Å²) in [6.07, 6.45) is 9.48. The minimum atomic E-state index is 0.344. The Labute approximate surface area is 140 Å². The second kappa shape index (κ2) is 6.00. The first-order valence-corrected chi connectivity index (χ1v) is 8.67. The number of halogens is 1. The van der Waals surface area contributed by atoms with Crippen LogP contribution in [0.5, 0.6) is 0 Å². The van der Waals surface area contributed by atoms with E-state index in [0.717, 1.165) is 44.7 Å². The van der Waals surface area contributed by atoms with Gasteiger partial charge in [-0.1, -0.05) is 11.6 Å². The van der Waals surface area contributed by atoms with Crippen LogP contribution in [0.3, 0.4) is 0 Å². The number of nitrogens with zero attached hydrogens (tertiary/aromatic N) is 5. The van der Waals surface area contributed by atoms with E-state index in [4.69, 9.17) is 22.3 Å². The highest BCUT2D eigenvalue weighted by molar-refractivity contribution is 6.35. The molecule has 7 heteroatoms. The second-order valence-electron chi connectivity index (χ2n) is 6.40. The summed E-state index contributed by atoms with van der Waals surface area (Å²) < 4.78 is 2.42. The Kier molecular flexibility index (Phi) is 3.85. The van der Waals surface area contributed by atoms with Gasteiger partial charge in [-0.2, -0.15) is 0 Å². The zero-order chi connectivity index (χ0) is 15.8. The van der Waals surface area contributed by atoms with Crippen LogP contribution in [0, 0.1) is 0 Å². The lowest BCUT2D eigenvalue weighted by atomic mass is 9.96. The number of fused-ring (bicyclic) bond motifs is 1. The summed E-state index contributed by atoms with van der Waals surface area (Å²) in [5.74, 6) is 2.73. The third kappa shape index (κ3) is 2.65. The number of hydrogen-bond acceptors (Lipinski definition) is 5. The summed E-state index contributed by atoms with van der Waals surface area (Å²) in [4.78, 5) is 15.3. The molecule has 0 aromatic carbocycles. The highest BCUT2D eigenvalue weighted by Gasteiger charge is 2.28. The smallest absolute Gasteiger partial charge is 0.153 e. The van der Waals surface area contributed by atoms with Crippen molar-refractivity contribution in [1.82, 2.24) is 19.5 Å². The summed E-state index contributed by atoms with van der Waals surface area (Å²) in [5.41, 5.74) is 7.20. The third-order valence-electron chi connectivity index (χ3n) is 4.92. The summed E-state index contributed by atoms with van der Waals surface area (Å²) >= 11 is 6.30. The van der Waals surface area contributed by atoms with E-state index in [-0.39, 0.29) is 0 Å². The molecule has 4 heterocycles. The summed E-state index contributed by atoms with van der Waals surface area (Å²) in [5, 5.41) is 0.457. The van der Waals surface area contributed by atoms with E-state index < -0.39 is 0 Å². The van der Waals surface area contributed by atoms with E-state index in [9.17, 15) is 0 Å². The molecule has 4 rings (SSSR count). The molecule has 0 saturated carbocycles. The molecule has 2 aromatic heterocycles. The van der Waals surface area contributed by atoms with E-state index >= 15 is 0 Å². The van der Waals surface area contributed by atoms with Crippen LogP contribution in [0.15, 0.2) is 12.5 Å². The molecule has 0 aliphatic carbocycles. The van der Waals surface area contributed by atoms with Gasteiger partial charge < -0.3 is 15.2 Å². The van der Waals surface area contributed by atoms with E-state index in [1.807, 2.05) is 0 Å². The first-order valence-electron chi connectivity index (χ1n) is 8.29. The largest absolute Gasteiger partial charge is 0.382 e. The van der Waals surface area contributed by atoms with Gasteiger partial charge in [-0.3, -0.25) is 0 Å². The number of aryl methyl sites for hydroxylation is 1. The number of piperidine rings is 1. The lowest BCUT2D eigenvalue weighted by molar-refractivity contribution is 0.444. The maximum absolute atomic E-state index is 6.30. The lowest BCUT2D eigenvalue weighted by Gasteiger charge is -2.34. The van der Waals surface area contributed by atoms with Crippen LogP contribution in [-0.4, -0.2) is 32.6 Å². The molecule has 6 nitrogen and oxygen atoms in total. The number of nitrogens with two attached hydrogens (primary N) is 1. The van der Waals surface area contributed by atoms with Gasteiger partial charge in [0.2, 0.25) is 0 Å². The zero-order valence-corrected chi connectivity index (χ0v) is 13.8. The van der Waals surface area contributed by atoms with Crippen molar-refractivity contribution in [3.05, 3.63) is 29.1 Å². The fourth-order valence-corrected chi connectivity index (χ4v) is 3.98. The molecule has 2 N–H and O–H groups in total. The predicted octanol–water partition coefficient (Wildman–Crippen LogP) is 2.63. The Morgan fingerprint density at radius 2 is 2.04 bits per heavy atom. The van der Waals surface area contributed by atoms with Gasteiger partial charge in [0, 0.05) is 37.4 Å². The summed E-state index contributed by atoms with van der Waals surface area (Å²) in [6, 6.07) is 0. The Hall–Kier alpha value is -1.82. The monoisotopic (exact) mass is 332 g/mol. The van der Waals surface area contributed by atoms with E-state index in [1.54, 1.807) is 0 Å². The van der Waals surface area contributed by atoms with Gasteiger partial charge in [0.15, 0.2) is 5.82 Å². The molecule has 1 saturated heterocycles. The normalized spacial score (nSPS) is 21.3. The topological polar surface area (TPSA) is 72.9 Å². The zero-order valence-electron chi connectivity index (χ0n) is 13.1. The summed E-state index contributed by atoms with van der Waals surface area (Å²) in [6.45, 7) is 2.93. The first-order chi connectivity index (χ1) is 11.2. The van der Waals surface area contributed by atoms with Crippen LogP contribution in [0.1, 0.15) is 43.1 Å². The Balaban J connectivity index is 1.60. The molecule has 23 heavy (non-hydrogen) atoms. The fourth-order valence-electron chi connectivity index (χ4n) is 3.76. The van der Waals surface area contributed by atoms with Crippen molar-refractivity contribution < 1.29 is 0 Å². The van der Waals surface area contributed by atoms with Gasteiger partial charge in [-0.15, -0.1) is 0 Å². The number of rotatable bonds is 2. The number of imidazole rings is 1. The molecular formula is C16H21ClN6. The highest BCUT2D eigenvalue weighted by atomic mass is 35.5. The third-order valence-corrected chi connectivity index (χ3v) is 5.28. The Morgan fingerprint density at radius 1 is 1.13 bits per heavy atom. The molecule has 1 unspecified atom stereocenters. The average molecular weight is 333 g/mol. The van der Waals surface area contributed by atoms with Gasteiger partial charge in [-0.25, -0.2) is 15.0 Å². The quantitative estimate of drug-likeness (QED) is 0.915. The Bertz CT molecular complexity index is 713. The maximum Gasteiger partial charge on any atom is 0.153 e. The number of anilines is 2. The fraction of sp³-hybridized carbons (Fsp3) is 0.562. The molecule has 0 bridgehead atoms. The van der Waals surface area contributed by atoms with Gasteiger partial charge in [0.25, 0.3) is 0 Å². The number of nitrogen functional groups attached to an aromatic ring is 1. The van der Waals surface area contributed by atoms with Gasteiger partial charge in [0.05, 0.1) is 0 Å². The Morgan fingerprint density at radius 3 is 2.96 bits per heavy atom. The lowest BCUT2D eigenvalue weighted by Crippen LogP contribution is -2.36. The minimum absolute atomic E-state index is 0.344. The van der Waals surface area contributed by atoms with Crippen molar-refractivity contribution in [2.24, 2.45) is 0 Å². The maximum atomic E-state index is 6.30. The van der Waals surface area contributed by atoms with Gasteiger partial charge in [-0.05, 0) is 32.1 Å². The van der Waals surface area contributed by atoms with Crippen LogP contribution < -0.4 is 10.6 Å². The van der Waals surface area contributed by atoms with Crippen LogP contribution in [-0.2, 0) is 13.0 Å². The van der Waals surface area contributed by atoms with Crippen molar-refractivity contribution in [2.45, 2.75) is 44.6 Å². The molecule has 1 atom stereocenters. The van der Waals surface area contributed by atoms with Crippen molar-refractivity contribution in [3.63, 3.8) is 0 Å². The number of hydrogen-bond donors (Lipinski definition) is 1. The van der Waals surface area contributed by atoms with Crippen LogP contribution in [0.25, 0.3) is 0 Å². The second-order valence-corrected chi connectivity index (χ2v) is 6.78. The van der Waals surface area contributed by atoms with E-state index in [2.05, 4.69) is 25.6 Å². The summed E-state index contributed by atoms with van der Waals surface area (Å²) in [7, 11) is 0. The van der Waals surface area contributed by atoms with E-state index in [0.29, 0.717) is 16.8 Å². The molecule has 2 aromatic rings. The van der Waals surface area contributed by atoms with Crippen LogP contribution in [0.4, 0.5) is 11.6 Å².